The second-order valence-electron chi connectivity index (χ2n) is 40.9. The first-order chi connectivity index (χ1) is 72.4. The van der Waals surface area contributed by atoms with E-state index in [1.54, 1.807) is 24.5 Å². The van der Waals surface area contributed by atoms with Gasteiger partial charge in [-0.2, -0.15) is 20.4 Å². The fourth-order valence-electron chi connectivity index (χ4n) is 21.3. The summed E-state index contributed by atoms with van der Waals surface area (Å²) in [7, 11) is 0. The minimum absolute atomic E-state index is 0.118. The van der Waals surface area contributed by atoms with Crippen LogP contribution in [0.2, 0.25) is 20.1 Å². The fraction of sp³-hybridized carbons (Fsp3) is 0.459. The Morgan fingerprint density at radius 2 is 0.587 bits per heavy atom. The number of aromatic amines is 4. The number of piperidine rings is 5. The lowest BCUT2D eigenvalue weighted by Gasteiger charge is -2.35. The van der Waals surface area contributed by atoms with Crippen LogP contribution in [0.15, 0.2) is 122 Å². The minimum atomic E-state index is -0.275. The van der Waals surface area contributed by atoms with Crippen LogP contribution in [0.1, 0.15) is 231 Å². The van der Waals surface area contributed by atoms with E-state index >= 15 is 8.78 Å². The summed E-state index contributed by atoms with van der Waals surface area (Å²) >= 11 is 25.2. The van der Waals surface area contributed by atoms with Crippen LogP contribution >= 0.6 is 46.4 Å². The molecule has 7 fully saturated rings. The largest absolute Gasteiger partial charge is 0.379 e. The van der Waals surface area contributed by atoms with E-state index in [-0.39, 0.29) is 54.0 Å². The molecule has 7 saturated heterocycles. The number of rotatable bonds is 28. The molecule has 9 aromatic heterocycles. The number of morpholine rings is 1. The zero-order valence-electron chi connectivity index (χ0n) is 87.3. The van der Waals surface area contributed by atoms with E-state index in [2.05, 4.69) is 173 Å². The van der Waals surface area contributed by atoms with Crippen molar-refractivity contribution in [2.45, 2.75) is 209 Å². The summed E-state index contributed by atoms with van der Waals surface area (Å²) in [6, 6.07) is 27.6. The average Bonchev–Trinajstić information content (AvgIpc) is 0.869. The molecule has 150 heavy (non-hydrogen) atoms. The predicted molar refractivity (Wildman–Crippen MR) is 582 cm³/mol. The Labute approximate surface area is 895 Å². The molecule has 8 N–H and O–H groups in total. The molecule has 0 bridgehead atoms. The molecule has 13 aromatic rings. The summed E-state index contributed by atoms with van der Waals surface area (Å²) < 4.78 is 37.8. The van der Waals surface area contributed by atoms with Crippen molar-refractivity contribution in [3.8, 4) is 0 Å². The first-order valence-electron chi connectivity index (χ1n) is 52.4. The average molecular weight is 2120 g/mol. The van der Waals surface area contributed by atoms with Gasteiger partial charge in [-0.25, -0.2) is 48.7 Å². The van der Waals surface area contributed by atoms with Crippen molar-refractivity contribution in [3.05, 3.63) is 278 Å². The second kappa shape index (κ2) is 50.9. The Kier molecular flexibility index (Phi) is 36.8. The van der Waals surface area contributed by atoms with Gasteiger partial charge in [0.15, 0.2) is 46.5 Å². The molecule has 0 aliphatic carbocycles. The van der Waals surface area contributed by atoms with Crippen molar-refractivity contribution in [3.63, 3.8) is 0 Å². The fourth-order valence-corrected chi connectivity index (χ4v) is 21.9. The number of nitrogens with zero attached hydrogens (tertiary/aromatic N) is 20. The number of halogens is 6. The summed E-state index contributed by atoms with van der Waals surface area (Å²) in [4.78, 5) is 102. The van der Waals surface area contributed by atoms with Crippen LogP contribution in [0.25, 0.3) is 0 Å². The predicted octanol–water partition coefficient (Wildman–Crippen LogP) is 19.4. The van der Waals surface area contributed by atoms with Gasteiger partial charge in [0.1, 0.15) is 61.6 Å². The Bertz CT molecular complexity index is 6630. The molecule has 4 amide bonds. The maximum Gasteiger partial charge on any atom is 0.242 e. The minimum Gasteiger partial charge on any atom is -0.379 e. The summed E-state index contributed by atoms with van der Waals surface area (Å²) in [6.45, 7) is 35.8. The van der Waals surface area contributed by atoms with Crippen LogP contribution < -0.4 is 21.3 Å². The Morgan fingerprint density at radius 3 is 0.873 bits per heavy atom. The number of ether oxygens (including phenoxy) is 1. The lowest BCUT2D eigenvalue weighted by molar-refractivity contribution is -0.135. The number of benzene rings is 4. The summed E-state index contributed by atoms with van der Waals surface area (Å²) in [5.74, 6) is 8.58. The molecule has 0 atom stereocenters. The van der Waals surface area contributed by atoms with Crippen molar-refractivity contribution < 1.29 is 32.7 Å². The number of nitrogens with one attached hydrogen (secondary N) is 8. The Morgan fingerprint density at radius 1 is 0.327 bits per heavy atom. The monoisotopic (exact) mass is 2120 g/mol. The van der Waals surface area contributed by atoms with Gasteiger partial charge in [-0.1, -0.05) is 89.2 Å². The van der Waals surface area contributed by atoms with Crippen molar-refractivity contribution in [1.82, 2.24) is 120 Å². The SMILES string of the molecule is Cc1cc(Nc2nc(Cc3cc(C)c(C4CCN(C(=O)CN5CCCC5)CC4)cc3F)ncc2Cl)n[nH]1.Cc1cc(Nc2nc(Cc3cc(C)c(C4CCN(C(=O)CN5CCCCC5)CC4)cc3C)ncc2Cl)n[nH]1.Cc1cc(Nc2nc(Cc3cc(C)c(C4CCN(C(=O)CN5CCOCC5)CC4)cc3C)ncc2Cl)n[nH]1.Cc1cc(Nc2nc(Cc3cc(C)c(C4CCN(C(=O)Cn5cccc5)CC4)cc3F)ncc2Cl)n[nH]1. The zero-order valence-corrected chi connectivity index (χ0v) is 90.3. The molecule has 0 saturated carbocycles. The lowest BCUT2D eigenvalue weighted by atomic mass is 9.84. The smallest absolute Gasteiger partial charge is 0.242 e. The molecular formula is C111H136Cl4F2N28O5. The maximum absolute atomic E-state index is 15.3. The number of likely N-dealkylation sites (tertiary alicyclic amines) is 6. The highest BCUT2D eigenvalue weighted by Gasteiger charge is 2.34. The van der Waals surface area contributed by atoms with Crippen molar-refractivity contribution >= 4 is 117 Å². The van der Waals surface area contributed by atoms with Gasteiger partial charge in [0.2, 0.25) is 23.6 Å². The third-order valence-electron chi connectivity index (χ3n) is 29.7. The molecule has 0 radical (unpaired) electrons. The Hall–Kier alpha value is -12.7. The highest BCUT2D eigenvalue weighted by molar-refractivity contribution is 6.34. The molecule has 0 unspecified atom stereocenters. The highest BCUT2D eigenvalue weighted by atomic mass is 35.5. The van der Waals surface area contributed by atoms with E-state index in [0.717, 1.165) is 188 Å². The standard InChI is InChI=1S/C29H38ClN7O.C28H36ClN7O2.C27H33ClFN7O.C27H29ClFN7O/c1-19-14-24(22-7-11-37(12-8-22)28(38)18-36-9-5-4-6-10-36)20(2)13-23(19)16-26-31-17-25(30)29(32-26)33-27-15-21(3)34-35-27;1-18-13-23(21-4-6-36(7-5-21)27(37)17-35-8-10-38-11-9-35)19(2)12-22(18)15-25-30-16-24(29)28(31-25)32-26-14-20(3)33-34-26;2*1-17-11-20(13-24-30-15-22(28)27(31-24)32-25-12-18(2)33-34-25)23(29)14-21(17)19-5-9-36(10-6-19)26(37)16-35-7-3-4-8-35/h13-15,17,22H,4-12,16,18H2,1-3H3,(H2,31,32,33,34,35);12-14,16,21H,4-11,15,17H2,1-3H3,(H2,30,31,32,33,34);11-12,14-15,19H,3-10,13,16H2,1-2H3,(H2,30,31,32,33,34);3-4,7-8,11-12,14-15,19H,5-6,9-10,13,16H2,1-2H3,(H2,30,31,32,33,34). The summed E-state index contributed by atoms with van der Waals surface area (Å²) in [5, 5.41) is 42.4. The van der Waals surface area contributed by atoms with E-state index in [9.17, 15) is 19.2 Å². The number of hydrogen-bond acceptors (Lipinski definition) is 24. The summed E-state index contributed by atoms with van der Waals surface area (Å²) in [6.07, 6.45) is 25.3. The molecule has 33 nitrogen and oxygen atoms in total. The molecule has 16 heterocycles. The van der Waals surface area contributed by atoms with E-state index in [1.807, 2.05) is 122 Å². The van der Waals surface area contributed by atoms with E-state index in [0.29, 0.717) is 171 Å². The van der Waals surface area contributed by atoms with Gasteiger partial charge in [0, 0.05) is 151 Å². The molecule has 7 aliphatic heterocycles. The van der Waals surface area contributed by atoms with Gasteiger partial charge >= 0.3 is 0 Å². The van der Waals surface area contributed by atoms with Crippen LogP contribution in [-0.2, 0) is 56.1 Å². The summed E-state index contributed by atoms with van der Waals surface area (Å²) in [5.41, 5.74) is 19.2. The molecule has 7 aliphatic rings. The van der Waals surface area contributed by atoms with Gasteiger partial charge < -0.3 is 50.2 Å². The van der Waals surface area contributed by atoms with Gasteiger partial charge in [0.25, 0.3) is 0 Å². The Balaban J connectivity index is 0.000000136. The normalized spacial score (nSPS) is 16.3. The molecule has 39 heteroatoms. The maximum atomic E-state index is 15.3. The van der Waals surface area contributed by atoms with Gasteiger partial charge in [-0.05, 0) is 298 Å². The van der Waals surface area contributed by atoms with Crippen LogP contribution in [-0.4, -0.2) is 268 Å². The number of H-pyrrole nitrogens is 4. The third kappa shape index (κ3) is 29.1. The number of amides is 4. The van der Waals surface area contributed by atoms with E-state index < -0.39 is 0 Å². The quantitative estimate of drug-likeness (QED) is 0.0226. The number of carbonyl (C=O) groups is 4. The number of aryl methyl sites for hydroxylation is 10. The van der Waals surface area contributed by atoms with Crippen LogP contribution in [0.4, 0.5) is 55.3 Å². The number of carbonyl (C=O) groups excluding carboxylic acids is 4. The highest BCUT2D eigenvalue weighted by Crippen LogP contribution is 2.40. The van der Waals surface area contributed by atoms with E-state index in [4.69, 9.17) is 51.1 Å². The van der Waals surface area contributed by atoms with Crippen LogP contribution in [0.3, 0.4) is 0 Å². The third-order valence-corrected chi connectivity index (χ3v) is 30.8. The van der Waals surface area contributed by atoms with Gasteiger partial charge in [-0.3, -0.25) is 54.3 Å². The molecule has 20 rings (SSSR count). The first-order valence-corrected chi connectivity index (χ1v) is 53.9. The van der Waals surface area contributed by atoms with Crippen molar-refractivity contribution in [2.75, 3.05) is 146 Å². The van der Waals surface area contributed by atoms with Crippen LogP contribution in [0, 0.1) is 80.9 Å². The van der Waals surface area contributed by atoms with Crippen LogP contribution in [0.5, 0.6) is 0 Å². The number of aromatic nitrogens is 17. The first kappa shape index (κ1) is 108. The second-order valence-corrected chi connectivity index (χ2v) is 42.6. The zero-order chi connectivity index (χ0) is 105. The topological polar surface area (TPSA) is 371 Å². The lowest BCUT2D eigenvalue weighted by Crippen LogP contribution is -2.46. The van der Waals surface area contributed by atoms with Gasteiger partial charge in [0.05, 0.1) is 57.6 Å². The molecule has 792 valence electrons. The van der Waals surface area contributed by atoms with Gasteiger partial charge in [-0.15, -0.1) is 0 Å². The molecule has 4 aromatic carbocycles. The van der Waals surface area contributed by atoms with E-state index in [1.165, 1.54) is 89.0 Å². The number of anilines is 8. The number of hydrogen-bond donors (Lipinski definition) is 8. The molecular weight excluding hydrogens is 1990 g/mol. The van der Waals surface area contributed by atoms with Crippen molar-refractivity contribution in [2.24, 2.45) is 0 Å². The molecule has 0 spiro atoms. The van der Waals surface area contributed by atoms with Crippen molar-refractivity contribution in [1.29, 1.82) is 0 Å².